The van der Waals surface area contributed by atoms with Crippen LogP contribution in [-0.4, -0.2) is 15.7 Å². The van der Waals surface area contributed by atoms with Crippen LogP contribution in [0, 0.1) is 11.3 Å². The third-order valence-electron chi connectivity index (χ3n) is 2.85. The fraction of sp³-hybridized carbons (Fsp3) is 0.385. The summed E-state index contributed by atoms with van der Waals surface area (Å²) in [6.45, 7) is 0.151. The molecule has 0 aromatic carbocycles. The van der Waals surface area contributed by atoms with Crippen molar-refractivity contribution in [2.24, 2.45) is 0 Å². The lowest BCUT2D eigenvalue weighted by Crippen LogP contribution is -2.32. The van der Waals surface area contributed by atoms with Gasteiger partial charge in [0.15, 0.2) is 0 Å². The number of halogens is 5. The van der Waals surface area contributed by atoms with Gasteiger partial charge in [-0.05, 0) is 12.1 Å². The summed E-state index contributed by atoms with van der Waals surface area (Å²) < 4.78 is 64.8. The van der Waals surface area contributed by atoms with Crippen LogP contribution in [0.25, 0.3) is 0 Å². The van der Waals surface area contributed by atoms with Crippen molar-refractivity contribution in [3.05, 3.63) is 40.1 Å². The summed E-state index contributed by atoms with van der Waals surface area (Å²) in [7, 11) is 0. The normalized spacial score (nSPS) is 12.4. The lowest BCUT2D eigenvalue weighted by atomic mass is 10.2. The number of hydrogen-bond donors (Lipinski definition) is 0. The molecular formula is C13H10F5N3S. The first-order valence-corrected chi connectivity index (χ1v) is 6.97. The topological polar surface area (TPSA) is 41.6 Å². The largest absolute Gasteiger partial charge is 0.458 e. The Bertz CT molecular complexity index is 680. The Hall–Kier alpha value is -1.95. The zero-order valence-electron chi connectivity index (χ0n) is 11.1. The van der Waals surface area contributed by atoms with Crippen LogP contribution in [-0.2, 0) is 18.9 Å². The first kappa shape index (κ1) is 16.4. The summed E-state index contributed by atoms with van der Waals surface area (Å²) in [4.78, 5) is 3.37. The monoisotopic (exact) mass is 335 g/mol. The van der Waals surface area contributed by atoms with Gasteiger partial charge in [-0.3, -0.25) is 0 Å². The highest BCUT2D eigenvalue weighted by Gasteiger charge is 2.59. The highest BCUT2D eigenvalue weighted by Crippen LogP contribution is 2.46. The number of thiophene rings is 1. The van der Waals surface area contributed by atoms with Gasteiger partial charge >= 0.3 is 12.1 Å². The molecule has 0 bridgehead atoms. The Labute approximate surface area is 126 Å². The molecule has 2 aromatic rings. The molecule has 0 spiro atoms. The van der Waals surface area contributed by atoms with Crippen molar-refractivity contribution in [3.63, 3.8) is 0 Å². The summed E-state index contributed by atoms with van der Waals surface area (Å²) in [5, 5.41) is 8.47. The fourth-order valence-electron chi connectivity index (χ4n) is 1.76. The molecule has 0 aliphatic heterocycles. The Balaban J connectivity index is 2.10. The third-order valence-corrected chi connectivity index (χ3v) is 3.98. The van der Waals surface area contributed by atoms with Crippen molar-refractivity contribution < 1.29 is 22.0 Å². The van der Waals surface area contributed by atoms with Crippen molar-refractivity contribution in [1.82, 2.24) is 9.55 Å². The van der Waals surface area contributed by atoms with E-state index in [1.165, 1.54) is 12.4 Å². The first-order chi connectivity index (χ1) is 10.2. The number of rotatable bonds is 5. The summed E-state index contributed by atoms with van der Waals surface area (Å²) in [6, 6.07) is 4.01. The van der Waals surface area contributed by atoms with Crippen molar-refractivity contribution >= 4 is 11.3 Å². The molecule has 22 heavy (non-hydrogen) atoms. The van der Waals surface area contributed by atoms with E-state index in [1.54, 1.807) is 10.8 Å². The van der Waals surface area contributed by atoms with Crippen molar-refractivity contribution in [2.45, 2.75) is 31.5 Å². The van der Waals surface area contributed by atoms with Gasteiger partial charge < -0.3 is 4.57 Å². The van der Waals surface area contributed by atoms with E-state index in [0.29, 0.717) is 34.7 Å². The second-order valence-electron chi connectivity index (χ2n) is 4.53. The van der Waals surface area contributed by atoms with E-state index in [-0.39, 0.29) is 6.54 Å². The van der Waals surface area contributed by atoms with Crippen LogP contribution in [0.5, 0.6) is 0 Å². The SMILES string of the molecule is N#CCCc1cn(Cc2ccc(C(F)(F)C(F)(F)F)s2)cn1. The highest BCUT2D eigenvalue weighted by molar-refractivity contribution is 7.12. The minimum atomic E-state index is -5.60. The van der Waals surface area contributed by atoms with Crippen molar-refractivity contribution in [2.75, 3.05) is 0 Å². The molecule has 0 aliphatic rings. The molecule has 0 N–H and O–H groups in total. The van der Waals surface area contributed by atoms with E-state index < -0.39 is 17.0 Å². The molecule has 118 valence electrons. The highest BCUT2D eigenvalue weighted by atomic mass is 32.1. The van der Waals surface area contributed by atoms with Gasteiger partial charge in [-0.2, -0.15) is 27.2 Å². The van der Waals surface area contributed by atoms with Gasteiger partial charge in [0.1, 0.15) is 0 Å². The fourth-order valence-corrected chi connectivity index (χ4v) is 2.77. The van der Waals surface area contributed by atoms with E-state index in [1.807, 2.05) is 6.07 Å². The van der Waals surface area contributed by atoms with E-state index in [2.05, 4.69) is 4.98 Å². The minimum Gasteiger partial charge on any atom is -0.332 e. The van der Waals surface area contributed by atoms with Crippen LogP contribution < -0.4 is 0 Å². The maximum absolute atomic E-state index is 13.2. The maximum Gasteiger partial charge on any atom is 0.458 e. The van der Waals surface area contributed by atoms with Gasteiger partial charge in [-0.15, -0.1) is 11.3 Å². The Kier molecular flexibility index (Phi) is 4.51. The summed E-state index contributed by atoms with van der Waals surface area (Å²) in [5.74, 6) is -4.84. The number of hydrogen-bond acceptors (Lipinski definition) is 3. The molecule has 2 rings (SSSR count). The van der Waals surface area contributed by atoms with Gasteiger partial charge in [-0.1, -0.05) is 0 Å². The van der Waals surface area contributed by atoms with E-state index in [9.17, 15) is 22.0 Å². The molecule has 3 nitrogen and oxygen atoms in total. The number of aromatic nitrogens is 2. The van der Waals surface area contributed by atoms with Crippen LogP contribution in [0.15, 0.2) is 24.7 Å². The van der Waals surface area contributed by atoms with Gasteiger partial charge in [0.05, 0.1) is 29.5 Å². The Morgan fingerprint density at radius 2 is 1.95 bits per heavy atom. The van der Waals surface area contributed by atoms with Crippen molar-refractivity contribution in [1.29, 1.82) is 5.26 Å². The third kappa shape index (κ3) is 3.44. The number of nitriles is 1. The number of imidazole rings is 1. The first-order valence-electron chi connectivity index (χ1n) is 6.15. The second-order valence-corrected chi connectivity index (χ2v) is 5.70. The molecule has 0 atom stereocenters. The molecular weight excluding hydrogens is 325 g/mol. The van der Waals surface area contributed by atoms with E-state index >= 15 is 0 Å². The predicted molar refractivity (Wildman–Crippen MR) is 69.5 cm³/mol. The smallest absolute Gasteiger partial charge is 0.332 e. The molecule has 9 heteroatoms. The molecule has 0 unspecified atom stereocenters. The van der Waals surface area contributed by atoms with Gasteiger partial charge in [-0.25, -0.2) is 4.98 Å². The van der Waals surface area contributed by atoms with Crippen LogP contribution >= 0.6 is 11.3 Å². The number of alkyl halides is 5. The van der Waals surface area contributed by atoms with Gasteiger partial charge in [0, 0.05) is 23.9 Å². The number of nitrogens with zero attached hydrogens (tertiary/aromatic N) is 3. The average molecular weight is 335 g/mol. The predicted octanol–water partition coefficient (Wildman–Crippen LogP) is 4.10. The average Bonchev–Trinajstić information content (AvgIpc) is 3.05. The zero-order chi connectivity index (χ0) is 16.4. The van der Waals surface area contributed by atoms with Crippen LogP contribution in [0.4, 0.5) is 22.0 Å². The van der Waals surface area contributed by atoms with Crippen molar-refractivity contribution in [3.8, 4) is 6.07 Å². The molecule has 0 saturated heterocycles. The molecule has 0 fully saturated rings. The quantitative estimate of drug-likeness (QED) is 0.772. The Morgan fingerprint density at radius 1 is 1.23 bits per heavy atom. The van der Waals surface area contributed by atoms with Crippen LogP contribution in [0.1, 0.15) is 21.9 Å². The number of aryl methyl sites for hydroxylation is 1. The molecule has 0 saturated carbocycles. The molecule has 0 aliphatic carbocycles. The zero-order valence-corrected chi connectivity index (χ0v) is 11.9. The Morgan fingerprint density at radius 3 is 2.59 bits per heavy atom. The molecule has 0 amide bonds. The summed E-state index contributed by atoms with van der Waals surface area (Å²) in [5.41, 5.74) is 0.666. The summed E-state index contributed by atoms with van der Waals surface area (Å²) >= 11 is 0.418. The summed E-state index contributed by atoms with van der Waals surface area (Å²) in [6.07, 6.45) is -1.75. The van der Waals surface area contributed by atoms with E-state index in [0.717, 1.165) is 6.07 Å². The molecule has 2 aromatic heterocycles. The van der Waals surface area contributed by atoms with Gasteiger partial charge in [0.2, 0.25) is 0 Å². The second kappa shape index (κ2) is 6.04. The van der Waals surface area contributed by atoms with E-state index in [4.69, 9.17) is 5.26 Å². The standard InChI is InChI=1S/C13H10F5N3S/c14-12(15,13(16,17)18)11-4-3-10(22-11)7-21-6-9(20-8-21)2-1-5-19/h3-4,6,8H,1-2,7H2. The lowest BCUT2D eigenvalue weighted by molar-refractivity contribution is -0.287. The van der Waals surface area contributed by atoms with Crippen LogP contribution in [0.3, 0.4) is 0 Å². The molecule has 0 radical (unpaired) electrons. The molecule has 2 heterocycles. The maximum atomic E-state index is 13.2. The van der Waals surface area contributed by atoms with Crippen LogP contribution in [0.2, 0.25) is 0 Å². The minimum absolute atomic E-state index is 0.151. The lowest BCUT2D eigenvalue weighted by Gasteiger charge is -2.17. The van der Waals surface area contributed by atoms with Gasteiger partial charge in [0.25, 0.3) is 0 Å².